The molecule has 0 bridgehead atoms. The van der Waals surface area contributed by atoms with Gasteiger partial charge in [0, 0.05) is 23.2 Å². The first-order valence-electron chi connectivity index (χ1n) is 10.5. The normalized spacial score (nSPS) is 14.9. The minimum atomic E-state index is -0.456. The van der Waals surface area contributed by atoms with Crippen LogP contribution in [0.3, 0.4) is 0 Å². The number of hydrogen-bond donors (Lipinski definition) is 1. The summed E-state index contributed by atoms with van der Waals surface area (Å²) >= 11 is 0. The van der Waals surface area contributed by atoms with Gasteiger partial charge in [0.05, 0.1) is 26.0 Å². The van der Waals surface area contributed by atoms with Gasteiger partial charge in [0.2, 0.25) is 0 Å². The maximum absolute atomic E-state index is 13.9. The molecule has 4 aromatic rings. The summed E-state index contributed by atoms with van der Waals surface area (Å²) in [5, 5.41) is 7.43. The molecule has 1 amide bonds. The van der Waals surface area contributed by atoms with Gasteiger partial charge in [0.15, 0.2) is 0 Å². The van der Waals surface area contributed by atoms with Gasteiger partial charge in [0.25, 0.3) is 5.91 Å². The van der Waals surface area contributed by atoms with Crippen molar-refractivity contribution in [1.82, 2.24) is 15.1 Å². The first kappa shape index (κ1) is 20.8. The molecule has 0 saturated heterocycles. The van der Waals surface area contributed by atoms with Crippen molar-refractivity contribution in [3.8, 4) is 22.8 Å². The molecule has 33 heavy (non-hydrogen) atoms. The van der Waals surface area contributed by atoms with Crippen LogP contribution in [0.2, 0.25) is 0 Å². The highest BCUT2D eigenvalue weighted by Crippen LogP contribution is 2.46. The number of para-hydroxylation sites is 1. The molecule has 5 rings (SSSR count). The number of methoxy groups -OCH3 is 2. The second kappa shape index (κ2) is 8.43. The van der Waals surface area contributed by atoms with Crippen LogP contribution in [0.4, 0.5) is 4.39 Å². The summed E-state index contributed by atoms with van der Waals surface area (Å²) in [5.41, 5.74) is 4.26. The first-order valence-corrected chi connectivity index (χ1v) is 10.5. The molecule has 0 saturated carbocycles. The molecule has 0 radical (unpaired) electrons. The average Bonchev–Trinajstić information content (AvgIpc) is 3.38. The number of hydrogen-bond acceptors (Lipinski definition) is 4. The van der Waals surface area contributed by atoms with Crippen molar-refractivity contribution in [3.05, 3.63) is 101 Å². The van der Waals surface area contributed by atoms with Gasteiger partial charge < -0.3 is 14.4 Å². The Morgan fingerprint density at radius 1 is 1.00 bits per heavy atom. The number of aromatic amines is 1. The number of amides is 1. The Kier molecular flexibility index (Phi) is 5.30. The van der Waals surface area contributed by atoms with E-state index in [0.29, 0.717) is 22.7 Å². The molecular weight excluding hydrogens is 421 g/mol. The van der Waals surface area contributed by atoms with Gasteiger partial charge in [-0.25, -0.2) is 4.39 Å². The minimum Gasteiger partial charge on any atom is -0.497 e. The van der Waals surface area contributed by atoms with Crippen molar-refractivity contribution < 1.29 is 18.7 Å². The molecule has 0 spiro atoms. The van der Waals surface area contributed by atoms with Crippen molar-refractivity contribution in [3.63, 3.8) is 0 Å². The molecule has 3 aromatic carbocycles. The molecular formula is C26H22FN3O3. The highest BCUT2D eigenvalue weighted by molar-refractivity contribution is 6.00. The maximum Gasteiger partial charge on any atom is 0.273 e. The van der Waals surface area contributed by atoms with Crippen molar-refractivity contribution in [2.24, 2.45) is 0 Å². The van der Waals surface area contributed by atoms with Crippen molar-refractivity contribution in [2.75, 3.05) is 14.2 Å². The summed E-state index contributed by atoms with van der Waals surface area (Å²) in [6, 6.07) is 21.0. The van der Waals surface area contributed by atoms with Crippen LogP contribution in [0.25, 0.3) is 11.3 Å². The fourth-order valence-electron chi connectivity index (χ4n) is 4.38. The maximum atomic E-state index is 13.9. The number of carbonyl (C=O) groups is 1. The van der Waals surface area contributed by atoms with Gasteiger partial charge in [-0.05, 0) is 48.0 Å². The van der Waals surface area contributed by atoms with Crippen LogP contribution < -0.4 is 9.47 Å². The lowest BCUT2D eigenvalue weighted by molar-refractivity contribution is 0.0728. The summed E-state index contributed by atoms with van der Waals surface area (Å²) in [7, 11) is 3.22. The first-order chi connectivity index (χ1) is 16.1. The third-order valence-electron chi connectivity index (χ3n) is 5.90. The topological polar surface area (TPSA) is 67.5 Å². The predicted molar refractivity (Wildman–Crippen MR) is 122 cm³/mol. The van der Waals surface area contributed by atoms with Gasteiger partial charge in [-0.3, -0.25) is 9.89 Å². The molecule has 166 valence electrons. The predicted octanol–water partition coefficient (Wildman–Crippen LogP) is 4.98. The van der Waals surface area contributed by atoms with E-state index in [0.717, 1.165) is 22.4 Å². The lowest BCUT2D eigenvalue weighted by atomic mass is 9.95. The largest absolute Gasteiger partial charge is 0.497 e. The fourth-order valence-corrected chi connectivity index (χ4v) is 4.38. The zero-order valence-electron chi connectivity index (χ0n) is 18.2. The Morgan fingerprint density at radius 3 is 2.52 bits per heavy atom. The Balaban J connectivity index is 1.66. The number of nitrogens with zero attached hydrogens (tertiary/aromatic N) is 2. The van der Waals surface area contributed by atoms with E-state index in [1.165, 1.54) is 12.1 Å². The molecule has 1 aromatic heterocycles. The van der Waals surface area contributed by atoms with E-state index in [1.54, 1.807) is 25.2 Å². The molecule has 6 nitrogen and oxygen atoms in total. The number of benzene rings is 3. The van der Waals surface area contributed by atoms with Gasteiger partial charge in [0.1, 0.15) is 23.0 Å². The summed E-state index contributed by atoms with van der Waals surface area (Å²) in [4.78, 5) is 15.2. The van der Waals surface area contributed by atoms with E-state index in [-0.39, 0.29) is 18.3 Å². The zero-order valence-corrected chi connectivity index (χ0v) is 18.2. The highest BCUT2D eigenvalue weighted by Gasteiger charge is 2.43. The Morgan fingerprint density at radius 2 is 1.79 bits per heavy atom. The number of halogens is 1. The van der Waals surface area contributed by atoms with Crippen LogP contribution in [0.5, 0.6) is 11.5 Å². The lowest BCUT2D eigenvalue weighted by Crippen LogP contribution is -2.29. The molecule has 0 fully saturated rings. The van der Waals surface area contributed by atoms with Gasteiger partial charge in [-0.2, -0.15) is 5.10 Å². The van der Waals surface area contributed by atoms with Crippen LogP contribution in [-0.2, 0) is 6.54 Å². The number of ether oxygens (including phenoxy) is 2. The Hall–Kier alpha value is -4.13. The second-order valence-electron chi connectivity index (χ2n) is 7.80. The van der Waals surface area contributed by atoms with E-state index in [2.05, 4.69) is 10.2 Å². The second-order valence-corrected chi connectivity index (χ2v) is 7.80. The van der Waals surface area contributed by atoms with E-state index < -0.39 is 6.04 Å². The third-order valence-corrected chi connectivity index (χ3v) is 5.90. The van der Waals surface area contributed by atoms with E-state index in [4.69, 9.17) is 9.47 Å². The van der Waals surface area contributed by atoms with E-state index >= 15 is 0 Å². The standard InChI is InChI=1S/C26H22FN3O3/c1-32-19-12-10-17(11-13-19)23-22-24(29-28-23)26(31)30(15-16-6-5-7-18(27)14-16)25(22)20-8-3-4-9-21(20)33-2/h3-14,25H,15H2,1-2H3,(H,28,29). The average molecular weight is 443 g/mol. The van der Waals surface area contributed by atoms with Crippen molar-refractivity contribution in [1.29, 1.82) is 0 Å². The third kappa shape index (κ3) is 3.61. The molecule has 1 N–H and O–H groups in total. The van der Waals surface area contributed by atoms with Crippen LogP contribution >= 0.6 is 0 Å². The van der Waals surface area contributed by atoms with Gasteiger partial charge in [-0.15, -0.1) is 0 Å². The van der Waals surface area contributed by atoms with Crippen LogP contribution in [0.1, 0.15) is 33.2 Å². The number of aromatic nitrogens is 2. The highest BCUT2D eigenvalue weighted by atomic mass is 19.1. The lowest BCUT2D eigenvalue weighted by Gasteiger charge is -2.27. The number of fused-ring (bicyclic) bond motifs is 1. The number of H-pyrrole nitrogens is 1. The summed E-state index contributed by atoms with van der Waals surface area (Å²) in [5.74, 6) is 0.856. The molecule has 1 aliphatic rings. The molecule has 7 heteroatoms. The molecule has 1 atom stereocenters. The summed E-state index contributed by atoms with van der Waals surface area (Å²) in [6.07, 6.45) is 0. The Bertz CT molecular complexity index is 1320. The van der Waals surface area contributed by atoms with Crippen molar-refractivity contribution in [2.45, 2.75) is 12.6 Å². The molecule has 1 unspecified atom stereocenters. The fraction of sp³-hybridized carbons (Fsp3) is 0.154. The molecule has 0 aliphatic carbocycles. The molecule has 1 aliphatic heterocycles. The minimum absolute atomic E-state index is 0.197. The van der Waals surface area contributed by atoms with Crippen molar-refractivity contribution >= 4 is 5.91 Å². The molecule has 2 heterocycles. The smallest absolute Gasteiger partial charge is 0.273 e. The Labute approximate surface area is 190 Å². The van der Waals surface area contributed by atoms with Crippen LogP contribution in [-0.4, -0.2) is 35.2 Å². The number of nitrogens with one attached hydrogen (secondary N) is 1. The quantitative estimate of drug-likeness (QED) is 0.457. The zero-order chi connectivity index (χ0) is 22.9. The van der Waals surface area contributed by atoms with Gasteiger partial charge >= 0.3 is 0 Å². The van der Waals surface area contributed by atoms with Crippen LogP contribution in [0.15, 0.2) is 72.8 Å². The monoisotopic (exact) mass is 443 g/mol. The summed E-state index contributed by atoms with van der Waals surface area (Å²) < 4.78 is 24.8. The SMILES string of the molecule is COc1ccc(-c2n[nH]c3c2C(c2ccccc2OC)N(Cc2cccc(F)c2)C3=O)cc1. The van der Waals surface area contributed by atoms with Crippen LogP contribution in [0, 0.1) is 5.82 Å². The van der Waals surface area contributed by atoms with E-state index in [9.17, 15) is 9.18 Å². The summed E-state index contributed by atoms with van der Waals surface area (Å²) in [6.45, 7) is 0.240. The number of rotatable bonds is 6. The number of carbonyl (C=O) groups excluding carboxylic acids is 1. The van der Waals surface area contributed by atoms with E-state index in [1.807, 2.05) is 54.6 Å². The van der Waals surface area contributed by atoms with Gasteiger partial charge in [-0.1, -0.05) is 30.3 Å².